The van der Waals surface area contributed by atoms with Gasteiger partial charge in [0.15, 0.2) is 0 Å². The monoisotopic (exact) mass is 298 g/mol. The van der Waals surface area contributed by atoms with Crippen molar-refractivity contribution in [3.63, 3.8) is 0 Å². The van der Waals surface area contributed by atoms with E-state index in [2.05, 4.69) is 0 Å². The summed E-state index contributed by atoms with van der Waals surface area (Å²) in [7, 11) is 0. The van der Waals surface area contributed by atoms with Gasteiger partial charge in [-0.05, 0) is 19.9 Å². The van der Waals surface area contributed by atoms with Gasteiger partial charge in [0.2, 0.25) is 5.43 Å². The topological polar surface area (TPSA) is 90.9 Å². The number of aryl methyl sites for hydroxylation is 1. The molecule has 0 atom stereocenters. The van der Waals surface area contributed by atoms with E-state index in [9.17, 15) is 20.1 Å². The molecule has 2 aromatic carbocycles. The lowest BCUT2D eigenvalue weighted by Crippen LogP contribution is -2.06. The maximum atomic E-state index is 12.7. The Hall–Kier alpha value is -2.95. The van der Waals surface area contributed by atoms with Crippen LogP contribution in [0.1, 0.15) is 11.1 Å². The van der Waals surface area contributed by atoms with Crippen molar-refractivity contribution in [1.29, 1.82) is 0 Å². The Labute approximate surface area is 125 Å². The first-order valence-corrected chi connectivity index (χ1v) is 6.68. The number of fused-ring (bicyclic) bond motifs is 1. The summed E-state index contributed by atoms with van der Waals surface area (Å²) in [5.74, 6) is -0.478. The summed E-state index contributed by atoms with van der Waals surface area (Å²) in [6, 6.07) is 6.38. The van der Waals surface area contributed by atoms with Gasteiger partial charge in [-0.15, -0.1) is 0 Å². The second kappa shape index (κ2) is 4.80. The lowest BCUT2D eigenvalue weighted by Gasteiger charge is -2.11. The van der Waals surface area contributed by atoms with Gasteiger partial charge < -0.3 is 19.7 Å². The molecule has 0 unspecified atom stereocenters. The van der Waals surface area contributed by atoms with E-state index in [1.807, 2.05) is 0 Å². The maximum absolute atomic E-state index is 12.7. The third-order valence-electron chi connectivity index (χ3n) is 3.83. The number of benzene rings is 2. The second-order valence-corrected chi connectivity index (χ2v) is 5.15. The van der Waals surface area contributed by atoms with Crippen molar-refractivity contribution in [3.05, 3.63) is 51.9 Å². The van der Waals surface area contributed by atoms with Gasteiger partial charge in [0.05, 0.1) is 5.56 Å². The van der Waals surface area contributed by atoms with Gasteiger partial charge in [-0.2, -0.15) is 0 Å². The van der Waals surface area contributed by atoms with Crippen LogP contribution in [0.4, 0.5) is 0 Å². The molecule has 0 aliphatic heterocycles. The highest BCUT2D eigenvalue weighted by atomic mass is 16.3. The molecule has 0 aliphatic carbocycles. The lowest BCUT2D eigenvalue weighted by molar-refractivity contribution is 0.441. The van der Waals surface area contributed by atoms with Crippen LogP contribution >= 0.6 is 0 Å². The lowest BCUT2D eigenvalue weighted by atomic mass is 10.00. The van der Waals surface area contributed by atoms with E-state index in [1.165, 1.54) is 19.3 Å². The molecule has 0 fully saturated rings. The van der Waals surface area contributed by atoms with E-state index in [1.54, 1.807) is 25.1 Å². The van der Waals surface area contributed by atoms with Crippen LogP contribution in [-0.4, -0.2) is 15.3 Å². The van der Waals surface area contributed by atoms with Gasteiger partial charge in [-0.3, -0.25) is 4.79 Å². The van der Waals surface area contributed by atoms with Crippen LogP contribution < -0.4 is 5.43 Å². The largest absolute Gasteiger partial charge is 0.507 e. The normalized spacial score (nSPS) is 11.0. The van der Waals surface area contributed by atoms with Gasteiger partial charge >= 0.3 is 0 Å². The number of phenolic OH excluding ortho intramolecular Hbond substituents is 3. The number of hydrogen-bond donors (Lipinski definition) is 3. The van der Waals surface area contributed by atoms with Crippen molar-refractivity contribution in [2.45, 2.75) is 13.8 Å². The third-order valence-corrected chi connectivity index (χ3v) is 3.83. The molecule has 22 heavy (non-hydrogen) atoms. The van der Waals surface area contributed by atoms with Crippen LogP contribution in [0.2, 0.25) is 0 Å². The van der Waals surface area contributed by atoms with Crippen LogP contribution in [0.5, 0.6) is 17.2 Å². The van der Waals surface area contributed by atoms with Gasteiger partial charge in [-0.1, -0.05) is 18.2 Å². The molecular formula is C17H14O5. The molecule has 3 aromatic rings. The molecule has 1 heterocycles. The van der Waals surface area contributed by atoms with Crippen LogP contribution in [0, 0.1) is 13.8 Å². The van der Waals surface area contributed by atoms with Crippen molar-refractivity contribution in [2.75, 3.05) is 0 Å². The zero-order valence-electron chi connectivity index (χ0n) is 12.0. The minimum Gasteiger partial charge on any atom is -0.507 e. The van der Waals surface area contributed by atoms with E-state index in [0.29, 0.717) is 11.1 Å². The Balaban J connectivity index is 2.46. The van der Waals surface area contributed by atoms with Crippen molar-refractivity contribution < 1.29 is 19.7 Å². The first-order chi connectivity index (χ1) is 10.4. The maximum Gasteiger partial charge on any atom is 0.204 e. The molecule has 0 radical (unpaired) electrons. The zero-order valence-corrected chi connectivity index (χ0v) is 12.0. The van der Waals surface area contributed by atoms with Crippen LogP contribution in [0.3, 0.4) is 0 Å². The highest BCUT2D eigenvalue weighted by molar-refractivity contribution is 5.92. The quantitative estimate of drug-likeness (QED) is 0.642. The first-order valence-electron chi connectivity index (χ1n) is 6.68. The highest BCUT2D eigenvalue weighted by Crippen LogP contribution is 2.38. The summed E-state index contributed by atoms with van der Waals surface area (Å²) in [5, 5.41) is 30.0. The second-order valence-electron chi connectivity index (χ2n) is 5.15. The molecule has 3 rings (SSSR count). The van der Waals surface area contributed by atoms with Crippen molar-refractivity contribution in [2.24, 2.45) is 0 Å². The Bertz CT molecular complexity index is 953. The SMILES string of the molecule is Cc1c(O)c(C)c2occ(-c3ccccc3O)c(=O)c2c1O. The Morgan fingerprint density at radius 3 is 2.27 bits per heavy atom. The molecule has 1 aromatic heterocycles. The third kappa shape index (κ3) is 1.83. The molecule has 0 spiro atoms. The predicted octanol–water partition coefficient (Wildman–Crippen LogP) is 3.19. The van der Waals surface area contributed by atoms with Crippen LogP contribution in [0.25, 0.3) is 22.1 Å². The number of rotatable bonds is 1. The molecule has 0 saturated heterocycles. The Morgan fingerprint density at radius 1 is 0.909 bits per heavy atom. The standard InChI is InChI=1S/C17H14O5/c1-8-14(19)9(2)17-13(15(8)20)16(21)11(7-22-17)10-5-3-4-6-12(10)18/h3-7,18-20H,1-2H3. The van der Waals surface area contributed by atoms with Crippen molar-refractivity contribution in [3.8, 4) is 28.4 Å². The fraction of sp³-hybridized carbons (Fsp3) is 0.118. The minimum absolute atomic E-state index is 0.00597. The van der Waals surface area contributed by atoms with Gasteiger partial charge in [0, 0.05) is 16.7 Å². The average Bonchev–Trinajstić information content (AvgIpc) is 2.51. The van der Waals surface area contributed by atoms with E-state index < -0.39 is 5.43 Å². The summed E-state index contributed by atoms with van der Waals surface area (Å²) in [5.41, 5.74) is 0.723. The number of phenols is 3. The number of hydrogen-bond acceptors (Lipinski definition) is 5. The number of aromatic hydroxyl groups is 3. The predicted molar refractivity (Wildman–Crippen MR) is 82.4 cm³/mol. The Kier molecular flexibility index (Phi) is 3.06. The fourth-order valence-corrected chi connectivity index (χ4v) is 2.53. The van der Waals surface area contributed by atoms with Gasteiger partial charge in [-0.25, -0.2) is 0 Å². The van der Waals surface area contributed by atoms with Crippen molar-refractivity contribution in [1.82, 2.24) is 0 Å². The Morgan fingerprint density at radius 2 is 1.59 bits per heavy atom. The molecular weight excluding hydrogens is 284 g/mol. The zero-order chi connectivity index (χ0) is 16.0. The molecule has 112 valence electrons. The molecule has 0 bridgehead atoms. The average molecular weight is 298 g/mol. The van der Waals surface area contributed by atoms with Gasteiger partial charge in [0.25, 0.3) is 0 Å². The molecule has 3 N–H and O–H groups in total. The fourth-order valence-electron chi connectivity index (χ4n) is 2.53. The summed E-state index contributed by atoms with van der Waals surface area (Å²) < 4.78 is 5.45. The van der Waals surface area contributed by atoms with E-state index in [0.717, 1.165) is 0 Å². The van der Waals surface area contributed by atoms with Crippen LogP contribution in [0.15, 0.2) is 39.7 Å². The first kappa shape index (κ1) is 14.0. The molecule has 0 aliphatic rings. The highest BCUT2D eigenvalue weighted by Gasteiger charge is 2.20. The van der Waals surface area contributed by atoms with E-state index >= 15 is 0 Å². The molecule has 5 heteroatoms. The summed E-state index contributed by atoms with van der Waals surface area (Å²) in [6.07, 6.45) is 1.22. The summed E-state index contributed by atoms with van der Waals surface area (Å²) in [6.45, 7) is 3.12. The molecule has 0 amide bonds. The van der Waals surface area contributed by atoms with E-state index in [4.69, 9.17) is 4.42 Å². The number of para-hydroxylation sites is 1. The van der Waals surface area contributed by atoms with Gasteiger partial charge in [0.1, 0.15) is 34.5 Å². The minimum atomic E-state index is -0.466. The molecule has 0 saturated carbocycles. The van der Waals surface area contributed by atoms with E-state index in [-0.39, 0.29) is 39.3 Å². The summed E-state index contributed by atoms with van der Waals surface area (Å²) in [4.78, 5) is 12.7. The van der Waals surface area contributed by atoms with Crippen LogP contribution in [-0.2, 0) is 0 Å². The molecule has 5 nitrogen and oxygen atoms in total. The smallest absolute Gasteiger partial charge is 0.204 e. The summed E-state index contributed by atoms with van der Waals surface area (Å²) >= 11 is 0. The van der Waals surface area contributed by atoms with Crippen molar-refractivity contribution >= 4 is 11.0 Å².